The number of nitrogens with zero attached hydrogens (tertiary/aromatic N) is 4. The van der Waals surface area contributed by atoms with Crippen LogP contribution < -0.4 is 14.8 Å². The molecule has 1 atom stereocenters. The molecule has 0 saturated carbocycles. The van der Waals surface area contributed by atoms with E-state index in [0.717, 1.165) is 49.1 Å². The first kappa shape index (κ1) is 26.2. The molecule has 0 bridgehead atoms. The Morgan fingerprint density at radius 1 is 1.22 bits per heavy atom. The molecule has 0 radical (unpaired) electrons. The van der Waals surface area contributed by atoms with E-state index in [0.29, 0.717) is 26.4 Å². The molecule has 1 fully saturated rings. The molecule has 1 unspecified atom stereocenters. The summed E-state index contributed by atoms with van der Waals surface area (Å²) in [6.07, 6.45) is 4.73. The monoisotopic (exact) mass is 557 g/mol. The normalized spacial score (nSPS) is 16.4. The zero-order valence-corrected chi connectivity index (χ0v) is 21.9. The van der Waals surface area contributed by atoms with Crippen molar-refractivity contribution < 1.29 is 14.2 Å². The zero-order valence-electron chi connectivity index (χ0n) is 19.5. The lowest BCUT2D eigenvalue weighted by Crippen LogP contribution is -2.48. The van der Waals surface area contributed by atoms with Crippen LogP contribution in [0.15, 0.2) is 35.6 Å². The second-order valence-electron chi connectivity index (χ2n) is 7.39. The van der Waals surface area contributed by atoms with Crippen LogP contribution in [0.4, 0.5) is 0 Å². The van der Waals surface area contributed by atoms with Gasteiger partial charge >= 0.3 is 0 Å². The molecule has 3 rings (SSSR count). The highest BCUT2D eigenvalue weighted by atomic mass is 127. The number of aliphatic imine (C=N–C) groups is 1. The minimum absolute atomic E-state index is 0. The van der Waals surface area contributed by atoms with Gasteiger partial charge < -0.3 is 24.4 Å². The summed E-state index contributed by atoms with van der Waals surface area (Å²) >= 11 is 0. The number of benzene rings is 1. The molecule has 0 amide bonds. The van der Waals surface area contributed by atoms with Crippen LogP contribution in [0.1, 0.15) is 38.0 Å². The molecule has 2 heterocycles. The SMILES string of the molecule is CCNC(=NCCc1ccc(OCC)c(OCC)c1)N1CCOC(c2cnn(C)c2)C1.I. The van der Waals surface area contributed by atoms with Gasteiger partial charge in [-0.15, -0.1) is 24.0 Å². The van der Waals surface area contributed by atoms with Crippen molar-refractivity contribution in [2.45, 2.75) is 33.3 Å². The molecule has 0 aliphatic carbocycles. The lowest BCUT2D eigenvalue weighted by molar-refractivity contribution is -0.00803. The van der Waals surface area contributed by atoms with Crippen LogP contribution in [0, 0.1) is 0 Å². The number of halogens is 1. The van der Waals surface area contributed by atoms with E-state index in [4.69, 9.17) is 19.2 Å². The minimum atomic E-state index is 0. The quantitative estimate of drug-likeness (QED) is 0.290. The van der Waals surface area contributed by atoms with Crippen molar-refractivity contribution in [3.8, 4) is 11.5 Å². The lowest BCUT2D eigenvalue weighted by Gasteiger charge is -2.34. The van der Waals surface area contributed by atoms with Crippen molar-refractivity contribution in [3.63, 3.8) is 0 Å². The first-order valence-electron chi connectivity index (χ1n) is 11.2. The Morgan fingerprint density at radius 3 is 2.69 bits per heavy atom. The number of aromatic nitrogens is 2. The number of hydrogen-bond acceptors (Lipinski definition) is 5. The van der Waals surface area contributed by atoms with Gasteiger partial charge in [-0.3, -0.25) is 9.67 Å². The van der Waals surface area contributed by atoms with Crippen LogP contribution in [0.2, 0.25) is 0 Å². The summed E-state index contributed by atoms with van der Waals surface area (Å²) in [6, 6.07) is 6.13. The molecular formula is C23H36IN5O3. The molecule has 1 aromatic carbocycles. The van der Waals surface area contributed by atoms with E-state index in [2.05, 4.69) is 34.4 Å². The third kappa shape index (κ3) is 7.26. The third-order valence-electron chi connectivity index (χ3n) is 5.07. The molecule has 9 heteroatoms. The van der Waals surface area contributed by atoms with Crippen molar-refractivity contribution in [3.05, 3.63) is 41.7 Å². The number of rotatable bonds is 9. The lowest BCUT2D eigenvalue weighted by atomic mass is 10.1. The Hall–Kier alpha value is -2.01. The Bertz CT molecular complexity index is 858. The highest BCUT2D eigenvalue weighted by molar-refractivity contribution is 14.0. The summed E-state index contributed by atoms with van der Waals surface area (Å²) in [7, 11) is 1.92. The average Bonchev–Trinajstić information content (AvgIpc) is 3.22. The maximum absolute atomic E-state index is 5.97. The van der Waals surface area contributed by atoms with Gasteiger partial charge in [-0.05, 0) is 44.9 Å². The van der Waals surface area contributed by atoms with Crippen LogP contribution in [-0.2, 0) is 18.2 Å². The van der Waals surface area contributed by atoms with Gasteiger partial charge in [0.25, 0.3) is 0 Å². The number of morpholine rings is 1. The summed E-state index contributed by atoms with van der Waals surface area (Å²) in [6.45, 7) is 11.0. The van der Waals surface area contributed by atoms with Gasteiger partial charge in [-0.1, -0.05) is 6.07 Å². The largest absolute Gasteiger partial charge is 0.490 e. The number of nitrogens with one attached hydrogen (secondary N) is 1. The fourth-order valence-corrected chi connectivity index (χ4v) is 3.62. The van der Waals surface area contributed by atoms with Gasteiger partial charge in [-0.25, -0.2) is 0 Å². The van der Waals surface area contributed by atoms with Crippen molar-refractivity contribution in [2.75, 3.05) is 46.0 Å². The number of hydrogen-bond donors (Lipinski definition) is 1. The predicted octanol–water partition coefficient (Wildman–Crippen LogP) is 3.42. The van der Waals surface area contributed by atoms with E-state index in [1.165, 1.54) is 5.56 Å². The van der Waals surface area contributed by atoms with Gasteiger partial charge in [0.15, 0.2) is 17.5 Å². The Kier molecular flexibility index (Phi) is 11.1. The second-order valence-corrected chi connectivity index (χ2v) is 7.39. The van der Waals surface area contributed by atoms with Gasteiger partial charge in [0.2, 0.25) is 0 Å². The standard InChI is InChI=1S/C23H35N5O3.HI/c1-5-24-23(28-12-13-31-22(17-28)19-15-26-27(4)16-19)25-11-10-18-8-9-20(29-6-2)21(14-18)30-7-3;/h8-9,14-16,22H,5-7,10-13,17H2,1-4H3,(H,24,25);1H. The average molecular weight is 557 g/mol. The summed E-state index contributed by atoms with van der Waals surface area (Å²) in [5.74, 6) is 2.51. The van der Waals surface area contributed by atoms with E-state index >= 15 is 0 Å². The van der Waals surface area contributed by atoms with E-state index < -0.39 is 0 Å². The van der Waals surface area contributed by atoms with E-state index in [9.17, 15) is 0 Å². The van der Waals surface area contributed by atoms with Crippen molar-refractivity contribution in [1.82, 2.24) is 20.0 Å². The van der Waals surface area contributed by atoms with Crippen molar-refractivity contribution in [1.29, 1.82) is 0 Å². The zero-order chi connectivity index (χ0) is 22.1. The Morgan fingerprint density at radius 2 is 2.00 bits per heavy atom. The van der Waals surface area contributed by atoms with Crippen LogP contribution in [0.25, 0.3) is 0 Å². The summed E-state index contributed by atoms with van der Waals surface area (Å²) in [5, 5.41) is 7.70. The number of aryl methyl sites for hydroxylation is 1. The highest BCUT2D eigenvalue weighted by Crippen LogP contribution is 2.28. The van der Waals surface area contributed by atoms with Crippen LogP contribution in [-0.4, -0.2) is 66.6 Å². The molecule has 178 valence electrons. The van der Waals surface area contributed by atoms with Gasteiger partial charge in [-0.2, -0.15) is 5.10 Å². The van der Waals surface area contributed by atoms with Gasteiger partial charge in [0, 0.05) is 38.4 Å². The number of ether oxygens (including phenoxy) is 3. The van der Waals surface area contributed by atoms with Crippen LogP contribution >= 0.6 is 24.0 Å². The third-order valence-corrected chi connectivity index (χ3v) is 5.07. The molecule has 2 aromatic rings. The fourth-order valence-electron chi connectivity index (χ4n) is 3.62. The van der Waals surface area contributed by atoms with E-state index in [1.807, 2.05) is 44.0 Å². The van der Waals surface area contributed by atoms with Crippen molar-refractivity contribution in [2.24, 2.45) is 12.0 Å². The van der Waals surface area contributed by atoms with Gasteiger partial charge in [0.05, 0.1) is 32.6 Å². The van der Waals surface area contributed by atoms with E-state index in [-0.39, 0.29) is 30.1 Å². The van der Waals surface area contributed by atoms with Crippen LogP contribution in [0.3, 0.4) is 0 Å². The van der Waals surface area contributed by atoms with Gasteiger partial charge in [0.1, 0.15) is 6.10 Å². The molecule has 1 aromatic heterocycles. The second kappa shape index (κ2) is 13.5. The van der Waals surface area contributed by atoms with Crippen molar-refractivity contribution >= 4 is 29.9 Å². The molecule has 0 spiro atoms. The molecule has 8 nitrogen and oxygen atoms in total. The first-order valence-corrected chi connectivity index (χ1v) is 11.2. The molecule has 1 aliphatic heterocycles. The summed E-state index contributed by atoms with van der Waals surface area (Å²) in [5.41, 5.74) is 2.28. The molecule has 1 aliphatic rings. The molecule has 1 N–H and O–H groups in total. The number of guanidine groups is 1. The Labute approximate surface area is 208 Å². The maximum Gasteiger partial charge on any atom is 0.194 e. The Balaban J connectivity index is 0.00000363. The summed E-state index contributed by atoms with van der Waals surface area (Å²) in [4.78, 5) is 7.16. The van der Waals surface area contributed by atoms with E-state index in [1.54, 1.807) is 0 Å². The highest BCUT2D eigenvalue weighted by Gasteiger charge is 2.25. The topological polar surface area (TPSA) is 73.1 Å². The predicted molar refractivity (Wildman–Crippen MR) is 137 cm³/mol. The molecular weight excluding hydrogens is 521 g/mol. The summed E-state index contributed by atoms with van der Waals surface area (Å²) < 4.78 is 19.2. The maximum atomic E-state index is 5.97. The van der Waals surface area contributed by atoms with Crippen LogP contribution in [0.5, 0.6) is 11.5 Å². The molecule has 1 saturated heterocycles. The first-order chi connectivity index (χ1) is 15.1. The molecule has 32 heavy (non-hydrogen) atoms. The smallest absolute Gasteiger partial charge is 0.194 e. The fraction of sp³-hybridized carbons (Fsp3) is 0.565. The minimum Gasteiger partial charge on any atom is -0.490 e.